The number of carbonyl (C=O) groups is 2. The van der Waals surface area contributed by atoms with E-state index in [1.807, 2.05) is 0 Å². The molecule has 0 unspecified atom stereocenters. The third-order valence-electron chi connectivity index (χ3n) is 4.42. The largest absolute Gasteiger partial charge is 0.341 e. The molecular weight excluding hydrogens is 292 g/mol. The summed E-state index contributed by atoms with van der Waals surface area (Å²) < 4.78 is 26.1. The van der Waals surface area contributed by atoms with Crippen LogP contribution in [-0.4, -0.2) is 47.9 Å². The van der Waals surface area contributed by atoms with Gasteiger partial charge in [0.15, 0.2) is 11.6 Å². The van der Waals surface area contributed by atoms with Crippen molar-refractivity contribution >= 4 is 17.6 Å². The number of piperidine rings is 1. The Morgan fingerprint density at radius 2 is 2.00 bits per heavy atom. The lowest BCUT2D eigenvalue weighted by molar-refractivity contribution is -0.138. The van der Waals surface area contributed by atoms with E-state index in [0.29, 0.717) is 13.1 Å². The Balaban J connectivity index is 1.72. The summed E-state index contributed by atoms with van der Waals surface area (Å²) in [5.41, 5.74) is 0.195. The summed E-state index contributed by atoms with van der Waals surface area (Å²) >= 11 is 0. The fraction of sp³-hybridized carbons (Fsp3) is 0.467. The van der Waals surface area contributed by atoms with Crippen LogP contribution in [0.1, 0.15) is 12.8 Å². The first kappa shape index (κ1) is 14.7. The highest BCUT2D eigenvalue weighted by Gasteiger charge is 2.40. The highest BCUT2D eigenvalue weighted by Crippen LogP contribution is 2.28. The van der Waals surface area contributed by atoms with E-state index in [1.54, 1.807) is 16.8 Å². The van der Waals surface area contributed by atoms with Gasteiger partial charge in [0.2, 0.25) is 5.91 Å². The molecule has 5 nitrogen and oxygen atoms in total. The Morgan fingerprint density at radius 3 is 2.73 bits per heavy atom. The van der Waals surface area contributed by atoms with Gasteiger partial charge in [-0.1, -0.05) is 0 Å². The summed E-state index contributed by atoms with van der Waals surface area (Å²) in [6.45, 7) is 0.809. The van der Waals surface area contributed by atoms with Crippen molar-refractivity contribution in [1.29, 1.82) is 0 Å². The smallest absolute Gasteiger partial charge is 0.321 e. The molecule has 3 fully saturated rings. The van der Waals surface area contributed by atoms with E-state index in [-0.39, 0.29) is 23.6 Å². The van der Waals surface area contributed by atoms with Crippen LogP contribution in [-0.2, 0) is 4.79 Å². The van der Waals surface area contributed by atoms with E-state index < -0.39 is 17.7 Å². The van der Waals surface area contributed by atoms with Crippen molar-refractivity contribution in [2.45, 2.75) is 18.9 Å². The Labute approximate surface area is 126 Å². The van der Waals surface area contributed by atoms with Crippen molar-refractivity contribution in [1.82, 2.24) is 9.80 Å². The van der Waals surface area contributed by atoms with Crippen LogP contribution in [0.2, 0.25) is 0 Å². The van der Waals surface area contributed by atoms with Crippen LogP contribution < -0.4 is 5.32 Å². The lowest BCUT2D eigenvalue weighted by atomic mass is 9.95. The second kappa shape index (κ2) is 5.55. The maximum absolute atomic E-state index is 13.2. The Morgan fingerprint density at radius 1 is 1.23 bits per heavy atom. The summed E-state index contributed by atoms with van der Waals surface area (Å²) in [7, 11) is 1.76. The van der Waals surface area contributed by atoms with E-state index in [2.05, 4.69) is 5.32 Å². The maximum atomic E-state index is 13.2. The van der Waals surface area contributed by atoms with Gasteiger partial charge in [0.05, 0.1) is 5.92 Å². The molecule has 2 bridgehead atoms. The van der Waals surface area contributed by atoms with Crippen LogP contribution in [0.5, 0.6) is 0 Å². The number of nitrogens with zero attached hydrogens (tertiary/aromatic N) is 2. The van der Waals surface area contributed by atoms with Crippen LogP contribution in [0.15, 0.2) is 18.2 Å². The summed E-state index contributed by atoms with van der Waals surface area (Å²) in [6, 6.07) is 2.83. The third kappa shape index (κ3) is 2.63. The van der Waals surface area contributed by atoms with Gasteiger partial charge in [0.25, 0.3) is 0 Å². The zero-order chi connectivity index (χ0) is 15.9. The number of amides is 3. The highest BCUT2D eigenvalue weighted by molar-refractivity contribution is 5.90. The Kier molecular flexibility index (Phi) is 3.72. The first-order valence-corrected chi connectivity index (χ1v) is 7.23. The fourth-order valence-electron chi connectivity index (χ4n) is 3.10. The summed E-state index contributed by atoms with van der Waals surface area (Å²) in [5.74, 6) is -2.08. The molecule has 7 heteroatoms. The number of nitrogens with one attached hydrogen (secondary N) is 1. The van der Waals surface area contributed by atoms with Gasteiger partial charge in [-0.2, -0.15) is 0 Å². The zero-order valence-corrected chi connectivity index (χ0v) is 12.2. The van der Waals surface area contributed by atoms with Gasteiger partial charge in [-0.05, 0) is 25.0 Å². The number of hydrogen-bond donors (Lipinski definition) is 1. The minimum atomic E-state index is -1.01. The third-order valence-corrected chi connectivity index (χ3v) is 4.42. The molecule has 0 radical (unpaired) electrons. The molecule has 0 spiro atoms. The van der Waals surface area contributed by atoms with Crippen molar-refractivity contribution in [2.75, 3.05) is 25.5 Å². The van der Waals surface area contributed by atoms with Gasteiger partial charge in [-0.3, -0.25) is 4.79 Å². The monoisotopic (exact) mass is 309 g/mol. The van der Waals surface area contributed by atoms with Gasteiger partial charge in [-0.25, -0.2) is 13.6 Å². The molecule has 1 aromatic rings. The molecule has 4 rings (SSSR count). The Bertz CT molecular complexity index is 623. The van der Waals surface area contributed by atoms with Gasteiger partial charge in [-0.15, -0.1) is 0 Å². The van der Waals surface area contributed by atoms with Gasteiger partial charge in [0, 0.05) is 37.9 Å². The summed E-state index contributed by atoms with van der Waals surface area (Å²) in [4.78, 5) is 27.7. The first-order chi connectivity index (χ1) is 10.5. The lowest BCUT2D eigenvalue weighted by Crippen LogP contribution is -2.45. The SMILES string of the molecule is CN1C(=O)[C@@H]2CC[C@H]1CN(C(=O)Nc1ccc(F)c(F)c1)C2. The average Bonchev–Trinajstić information content (AvgIpc) is 2.77. The molecule has 3 amide bonds. The predicted molar refractivity (Wildman–Crippen MR) is 76.2 cm³/mol. The van der Waals surface area contributed by atoms with Gasteiger partial charge in [0.1, 0.15) is 0 Å². The van der Waals surface area contributed by atoms with E-state index in [9.17, 15) is 18.4 Å². The number of halogens is 2. The minimum absolute atomic E-state index is 0.0157. The van der Waals surface area contributed by atoms with Crippen molar-refractivity contribution in [3.63, 3.8) is 0 Å². The molecule has 3 aliphatic rings. The quantitative estimate of drug-likeness (QED) is 0.863. The van der Waals surface area contributed by atoms with Gasteiger partial charge >= 0.3 is 6.03 Å². The normalized spacial score (nSPS) is 24.4. The van der Waals surface area contributed by atoms with E-state index >= 15 is 0 Å². The number of hydrogen-bond acceptors (Lipinski definition) is 2. The number of rotatable bonds is 1. The number of fused-ring (bicyclic) bond motifs is 4. The highest BCUT2D eigenvalue weighted by atomic mass is 19.2. The van der Waals surface area contributed by atoms with Crippen molar-refractivity contribution in [3.05, 3.63) is 29.8 Å². The molecule has 2 atom stereocenters. The van der Waals surface area contributed by atoms with Crippen molar-refractivity contribution < 1.29 is 18.4 Å². The van der Waals surface area contributed by atoms with Crippen LogP contribution in [0.4, 0.5) is 19.3 Å². The average molecular weight is 309 g/mol. The molecule has 22 heavy (non-hydrogen) atoms. The van der Waals surface area contributed by atoms with E-state index in [0.717, 1.165) is 25.0 Å². The molecule has 0 aliphatic carbocycles. The minimum Gasteiger partial charge on any atom is -0.341 e. The van der Waals surface area contributed by atoms with Crippen molar-refractivity contribution in [3.8, 4) is 0 Å². The van der Waals surface area contributed by atoms with Gasteiger partial charge < -0.3 is 15.1 Å². The molecule has 118 valence electrons. The van der Waals surface area contributed by atoms with Crippen molar-refractivity contribution in [2.24, 2.45) is 5.92 Å². The number of benzene rings is 1. The number of urea groups is 1. The number of likely N-dealkylation sites (N-methyl/N-ethyl adjacent to an activating group) is 1. The molecule has 0 aromatic heterocycles. The molecule has 1 aromatic carbocycles. The van der Waals surface area contributed by atoms with Crippen LogP contribution in [0, 0.1) is 17.6 Å². The van der Waals surface area contributed by atoms with E-state index in [1.165, 1.54) is 6.07 Å². The fourth-order valence-corrected chi connectivity index (χ4v) is 3.10. The first-order valence-electron chi connectivity index (χ1n) is 7.23. The number of anilines is 1. The summed E-state index contributed by atoms with van der Waals surface area (Å²) in [6.07, 6.45) is 1.66. The molecule has 3 aliphatic heterocycles. The molecule has 0 saturated carbocycles. The standard InChI is InChI=1S/C15H17F2N3O2/c1-19-11-4-2-9(14(19)21)7-20(8-11)15(22)18-10-3-5-12(16)13(17)6-10/h3,5-6,9,11H,2,4,7-8H2,1H3,(H,18,22)/t9-,11+/m1/s1. The number of carbonyl (C=O) groups excluding carboxylic acids is 2. The van der Waals surface area contributed by atoms with E-state index in [4.69, 9.17) is 0 Å². The predicted octanol–water partition coefficient (Wildman–Crippen LogP) is 2.05. The molecular formula is C15H17F2N3O2. The summed E-state index contributed by atoms with van der Waals surface area (Å²) in [5, 5.41) is 2.56. The van der Waals surface area contributed by atoms with Crippen LogP contribution in [0.25, 0.3) is 0 Å². The molecule has 1 N–H and O–H groups in total. The molecule has 3 heterocycles. The topological polar surface area (TPSA) is 52.7 Å². The zero-order valence-electron chi connectivity index (χ0n) is 12.2. The van der Waals surface area contributed by atoms with Crippen LogP contribution >= 0.6 is 0 Å². The Hall–Kier alpha value is -2.18. The molecule has 3 saturated heterocycles. The lowest BCUT2D eigenvalue weighted by Gasteiger charge is -2.32. The van der Waals surface area contributed by atoms with Crippen LogP contribution in [0.3, 0.4) is 0 Å². The second-order valence-electron chi connectivity index (χ2n) is 5.84. The maximum Gasteiger partial charge on any atom is 0.321 e. The second-order valence-corrected chi connectivity index (χ2v) is 5.84.